The minimum Gasteiger partial charge on any atom is -0.515 e. The lowest BCUT2D eigenvalue weighted by Gasteiger charge is -2.08. The van der Waals surface area contributed by atoms with Crippen LogP contribution in [0, 0.1) is 6.57 Å². The molecule has 7 heteroatoms. The van der Waals surface area contributed by atoms with E-state index in [-0.39, 0.29) is 6.61 Å². The molecule has 0 aliphatic rings. The fraction of sp³-hybridized carbons (Fsp3) is 0.636. The molecule has 0 bridgehead atoms. The Morgan fingerprint density at radius 1 is 1.33 bits per heavy atom. The Hall–Kier alpha value is -1.71. The number of ether oxygens (including phenoxy) is 1. The molecule has 102 valence electrons. The summed E-state index contributed by atoms with van der Waals surface area (Å²) in [4.78, 5) is 13.5. The lowest BCUT2D eigenvalue weighted by atomic mass is 10.2. The summed E-state index contributed by atoms with van der Waals surface area (Å²) in [6.45, 7) is 8.37. The van der Waals surface area contributed by atoms with E-state index in [4.69, 9.17) is 11.7 Å². The first-order valence-corrected chi connectivity index (χ1v) is 5.39. The number of hydrogen-bond acceptors (Lipinski definition) is 3. The second-order valence-electron chi connectivity index (χ2n) is 3.50. The second-order valence-corrected chi connectivity index (χ2v) is 3.50. The van der Waals surface area contributed by atoms with Crippen molar-refractivity contribution >= 4 is 5.97 Å². The number of rotatable bonds is 6. The highest BCUT2D eigenvalue weighted by atomic mass is 19.4. The predicted molar refractivity (Wildman–Crippen MR) is 57.4 cm³/mol. The van der Waals surface area contributed by atoms with Gasteiger partial charge in [0, 0.05) is 0 Å². The van der Waals surface area contributed by atoms with Gasteiger partial charge < -0.3 is 9.84 Å². The summed E-state index contributed by atoms with van der Waals surface area (Å²) in [7, 11) is 0. The summed E-state index contributed by atoms with van der Waals surface area (Å²) in [5, 5.41) is 8.70. The van der Waals surface area contributed by atoms with Gasteiger partial charge in [0.2, 0.25) is 5.76 Å². The maximum Gasteiger partial charge on any atom is 0.438 e. The molecule has 1 N–H and O–H groups in total. The molecule has 0 spiro atoms. The van der Waals surface area contributed by atoms with Crippen molar-refractivity contribution in [3.8, 4) is 0 Å². The van der Waals surface area contributed by atoms with Gasteiger partial charge in [-0.25, -0.2) is 4.85 Å². The van der Waals surface area contributed by atoms with Crippen LogP contribution in [0.15, 0.2) is 11.5 Å². The van der Waals surface area contributed by atoms with Crippen LogP contribution >= 0.6 is 0 Å². The molecule has 0 unspecified atom stereocenters. The zero-order valence-corrected chi connectivity index (χ0v) is 9.88. The normalized spacial score (nSPS) is 12.6. The number of aliphatic hydroxyl groups excluding tert-OH is 1. The van der Waals surface area contributed by atoms with E-state index < -0.39 is 23.6 Å². The van der Waals surface area contributed by atoms with E-state index in [0.717, 1.165) is 19.3 Å². The number of esters is 1. The van der Waals surface area contributed by atoms with Gasteiger partial charge in [-0.2, -0.15) is 13.2 Å². The van der Waals surface area contributed by atoms with Crippen molar-refractivity contribution < 1.29 is 27.8 Å². The first kappa shape index (κ1) is 16.3. The molecule has 0 fully saturated rings. The summed E-state index contributed by atoms with van der Waals surface area (Å²) in [5.41, 5.74) is -1.43. The Bertz CT molecular complexity index is 356. The van der Waals surface area contributed by atoms with Crippen LogP contribution in [0.4, 0.5) is 13.2 Å². The largest absolute Gasteiger partial charge is 0.515 e. The van der Waals surface area contributed by atoms with E-state index in [0.29, 0.717) is 6.42 Å². The highest BCUT2D eigenvalue weighted by Crippen LogP contribution is 2.27. The van der Waals surface area contributed by atoms with Crippen molar-refractivity contribution in [2.24, 2.45) is 0 Å². The van der Waals surface area contributed by atoms with Crippen molar-refractivity contribution in [3.05, 3.63) is 22.9 Å². The summed E-state index contributed by atoms with van der Waals surface area (Å²) in [5.74, 6) is -3.66. The summed E-state index contributed by atoms with van der Waals surface area (Å²) < 4.78 is 40.7. The van der Waals surface area contributed by atoms with Crippen LogP contribution in [0.25, 0.3) is 4.85 Å². The van der Waals surface area contributed by atoms with Gasteiger partial charge in [0.05, 0.1) is 13.2 Å². The van der Waals surface area contributed by atoms with Gasteiger partial charge in [-0.05, 0) is 6.42 Å². The van der Waals surface area contributed by atoms with Crippen LogP contribution in [0.1, 0.15) is 32.6 Å². The van der Waals surface area contributed by atoms with Gasteiger partial charge in [-0.15, -0.1) is 0 Å². The van der Waals surface area contributed by atoms with Crippen LogP contribution in [0.2, 0.25) is 0 Å². The van der Waals surface area contributed by atoms with Gasteiger partial charge in [-0.3, -0.25) is 4.79 Å². The first-order valence-electron chi connectivity index (χ1n) is 5.39. The average molecular weight is 265 g/mol. The molecule has 0 aliphatic heterocycles. The topological polar surface area (TPSA) is 50.9 Å². The molecule has 4 nitrogen and oxygen atoms in total. The standard InChI is InChI=1S/C11H14F3NO3/c1-3-4-5-6-7-18-10(17)8(15-2)9(16)11(12,13)14/h16H,3-7H2,1H3/b9-8-. The molecule has 0 rings (SSSR count). The van der Waals surface area contributed by atoms with E-state index in [2.05, 4.69) is 9.58 Å². The quantitative estimate of drug-likeness (QED) is 0.263. The third kappa shape index (κ3) is 5.57. The molecule has 0 saturated carbocycles. The number of allylic oxidation sites excluding steroid dienone is 1. The lowest BCUT2D eigenvalue weighted by Crippen LogP contribution is -2.18. The van der Waals surface area contributed by atoms with Crippen LogP contribution in [0.5, 0.6) is 0 Å². The van der Waals surface area contributed by atoms with E-state index in [1.165, 1.54) is 0 Å². The maximum atomic E-state index is 12.1. The van der Waals surface area contributed by atoms with E-state index >= 15 is 0 Å². The van der Waals surface area contributed by atoms with Gasteiger partial charge in [0.25, 0.3) is 0 Å². The second kappa shape index (κ2) is 7.58. The molecule has 0 aromatic heterocycles. The first-order chi connectivity index (χ1) is 8.34. The molecule has 0 amide bonds. The average Bonchev–Trinajstić information content (AvgIpc) is 2.28. The smallest absolute Gasteiger partial charge is 0.438 e. The fourth-order valence-corrected chi connectivity index (χ4v) is 1.09. The SMILES string of the molecule is [C-]#[N+]/C(C(=O)OCCCCCC)=C(\O)C(F)(F)F. The third-order valence-corrected chi connectivity index (χ3v) is 2.03. The molecule has 0 atom stereocenters. The summed E-state index contributed by atoms with van der Waals surface area (Å²) in [6.07, 6.45) is -1.93. The zero-order chi connectivity index (χ0) is 14.2. The summed E-state index contributed by atoms with van der Waals surface area (Å²) >= 11 is 0. The number of carbonyl (C=O) groups excluding carboxylic acids is 1. The summed E-state index contributed by atoms with van der Waals surface area (Å²) in [6, 6.07) is 0. The zero-order valence-electron chi connectivity index (χ0n) is 9.88. The molecule has 0 heterocycles. The lowest BCUT2D eigenvalue weighted by molar-refractivity contribution is -0.142. The van der Waals surface area contributed by atoms with Crippen LogP contribution in [-0.4, -0.2) is 23.9 Å². The number of alkyl halides is 3. The van der Waals surface area contributed by atoms with Gasteiger partial charge in [-0.1, -0.05) is 26.2 Å². The molecule has 0 aliphatic carbocycles. The number of hydrogen-bond donors (Lipinski definition) is 1. The van der Waals surface area contributed by atoms with Crippen molar-refractivity contribution in [1.82, 2.24) is 0 Å². The highest BCUT2D eigenvalue weighted by molar-refractivity contribution is 5.91. The monoisotopic (exact) mass is 265 g/mol. The minimum absolute atomic E-state index is 0.0665. The van der Waals surface area contributed by atoms with Crippen LogP contribution < -0.4 is 0 Å². The van der Waals surface area contributed by atoms with Crippen LogP contribution in [0.3, 0.4) is 0 Å². The highest BCUT2D eigenvalue weighted by Gasteiger charge is 2.39. The Balaban J connectivity index is 4.44. The number of nitrogens with zero attached hydrogens (tertiary/aromatic N) is 1. The number of unbranched alkanes of at least 4 members (excludes halogenated alkanes) is 3. The predicted octanol–water partition coefficient (Wildman–Crippen LogP) is 3.36. The van der Waals surface area contributed by atoms with Gasteiger partial charge >= 0.3 is 17.8 Å². The minimum atomic E-state index is -5.12. The van der Waals surface area contributed by atoms with Crippen LogP contribution in [-0.2, 0) is 9.53 Å². The third-order valence-electron chi connectivity index (χ3n) is 2.03. The maximum absolute atomic E-state index is 12.1. The fourth-order valence-electron chi connectivity index (χ4n) is 1.09. The molecular weight excluding hydrogens is 251 g/mol. The molecule has 0 saturated heterocycles. The molecule has 0 radical (unpaired) electrons. The van der Waals surface area contributed by atoms with E-state index in [1.807, 2.05) is 6.92 Å². The van der Waals surface area contributed by atoms with E-state index in [9.17, 15) is 18.0 Å². The van der Waals surface area contributed by atoms with Crippen molar-refractivity contribution in [3.63, 3.8) is 0 Å². The Kier molecular flexibility index (Phi) is 6.86. The molecule has 18 heavy (non-hydrogen) atoms. The van der Waals surface area contributed by atoms with Crippen molar-refractivity contribution in [2.45, 2.75) is 38.8 Å². The molecule has 0 aromatic rings. The number of halogens is 3. The van der Waals surface area contributed by atoms with Crippen molar-refractivity contribution in [1.29, 1.82) is 0 Å². The molecular formula is C11H14F3NO3. The van der Waals surface area contributed by atoms with E-state index in [1.54, 1.807) is 0 Å². The Morgan fingerprint density at radius 2 is 1.94 bits per heavy atom. The number of aliphatic hydroxyl groups is 1. The van der Waals surface area contributed by atoms with Gasteiger partial charge in [0.1, 0.15) is 0 Å². The molecule has 0 aromatic carbocycles. The van der Waals surface area contributed by atoms with Gasteiger partial charge in [0.15, 0.2) is 0 Å². The van der Waals surface area contributed by atoms with Crippen molar-refractivity contribution in [2.75, 3.05) is 6.61 Å². The number of carbonyl (C=O) groups is 1. The Morgan fingerprint density at radius 3 is 2.39 bits per heavy atom. The Labute approximate surface area is 103 Å².